The number of furan rings is 1. The second kappa shape index (κ2) is 9.00. The standard InChI is InChI=1S/C23H19N2O3.HI/c1-2-24-19(10-7-17-5-3-4-6-22(17)24)13-14-21-15-16-23(28-21)18-8-11-20(12-9-18)25(26)27;/h3-16H,2H2,1H3;1H/q+1;/p-1/b14-13+;. The van der Waals surface area contributed by atoms with E-state index in [-0.39, 0.29) is 29.7 Å². The van der Waals surface area contributed by atoms with Crippen molar-refractivity contribution in [3.05, 3.63) is 94.4 Å². The number of nitro groups is 1. The molecule has 5 nitrogen and oxygen atoms in total. The van der Waals surface area contributed by atoms with Gasteiger partial charge in [-0.3, -0.25) is 10.1 Å². The van der Waals surface area contributed by atoms with Crippen LogP contribution in [0.15, 0.2) is 77.2 Å². The molecule has 0 saturated carbocycles. The van der Waals surface area contributed by atoms with E-state index >= 15 is 0 Å². The molecule has 0 saturated heterocycles. The van der Waals surface area contributed by atoms with E-state index in [1.807, 2.05) is 36.4 Å². The highest BCUT2D eigenvalue weighted by Gasteiger charge is 2.12. The number of para-hydroxylation sites is 1. The van der Waals surface area contributed by atoms with Crippen molar-refractivity contribution in [1.29, 1.82) is 0 Å². The fourth-order valence-corrected chi connectivity index (χ4v) is 3.29. The van der Waals surface area contributed by atoms with E-state index in [0.29, 0.717) is 5.76 Å². The van der Waals surface area contributed by atoms with Gasteiger partial charge in [-0.15, -0.1) is 0 Å². The summed E-state index contributed by atoms with van der Waals surface area (Å²) in [5.41, 5.74) is 3.16. The molecule has 0 bridgehead atoms. The molecule has 0 N–H and O–H groups in total. The lowest BCUT2D eigenvalue weighted by Crippen LogP contribution is -3.00. The lowest BCUT2D eigenvalue weighted by molar-refractivity contribution is -0.669. The van der Waals surface area contributed by atoms with Gasteiger partial charge in [-0.1, -0.05) is 12.1 Å². The van der Waals surface area contributed by atoms with Crippen molar-refractivity contribution in [3.63, 3.8) is 0 Å². The number of hydrogen-bond acceptors (Lipinski definition) is 3. The average molecular weight is 498 g/mol. The third-order valence-electron chi connectivity index (χ3n) is 4.70. The molecule has 0 amide bonds. The third kappa shape index (κ3) is 4.37. The minimum Gasteiger partial charge on any atom is -1.00 e. The number of pyridine rings is 1. The third-order valence-corrected chi connectivity index (χ3v) is 4.70. The van der Waals surface area contributed by atoms with Gasteiger partial charge in [0.25, 0.3) is 5.69 Å². The molecule has 2 aromatic heterocycles. The molecule has 0 aliphatic rings. The second-order valence-electron chi connectivity index (χ2n) is 6.40. The summed E-state index contributed by atoms with van der Waals surface area (Å²) < 4.78 is 8.14. The smallest absolute Gasteiger partial charge is 0.269 e. The van der Waals surface area contributed by atoms with Crippen LogP contribution in [-0.2, 0) is 6.54 Å². The van der Waals surface area contributed by atoms with E-state index in [1.165, 1.54) is 23.0 Å². The van der Waals surface area contributed by atoms with Crippen molar-refractivity contribution in [1.82, 2.24) is 0 Å². The number of aromatic nitrogens is 1. The van der Waals surface area contributed by atoms with Crippen LogP contribution >= 0.6 is 0 Å². The van der Waals surface area contributed by atoms with Crippen molar-refractivity contribution >= 4 is 28.7 Å². The molecular weight excluding hydrogens is 479 g/mol. The molecule has 0 radical (unpaired) electrons. The number of hydrogen-bond donors (Lipinski definition) is 0. The Kier molecular flexibility index (Phi) is 6.43. The van der Waals surface area contributed by atoms with Crippen LogP contribution in [0.1, 0.15) is 18.4 Å². The molecule has 4 rings (SSSR count). The molecule has 6 heteroatoms. The molecule has 4 aromatic rings. The molecule has 0 fully saturated rings. The van der Waals surface area contributed by atoms with Crippen molar-refractivity contribution in [2.75, 3.05) is 0 Å². The van der Waals surface area contributed by atoms with Crippen LogP contribution in [0.3, 0.4) is 0 Å². The van der Waals surface area contributed by atoms with Crippen LogP contribution in [0, 0.1) is 10.1 Å². The van der Waals surface area contributed by atoms with Crippen molar-refractivity contribution in [2.45, 2.75) is 13.5 Å². The second-order valence-corrected chi connectivity index (χ2v) is 6.40. The number of fused-ring (bicyclic) bond motifs is 1. The monoisotopic (exact) mass is 498 g/mol. The first kappa shape index (κ1) is 20.7. The Hall–Kier alpha value is -3.00. The molecule has 29 heavy (non-hydrogen) atoms. The van der Waals surface area contributed by atoms with Crippen molar-refractivity contribution < 1.29 is 37.9 Å². The zero-order valence-corrected chi connectivity index (χ0v) is 17.9. The van der Waals surface area contributed by atoms with Gasteiger partial charge in [0.1, 0.15) is 18.1 Å². The highest BCUT2D eigenvalue weighted by Crippen LogP contribution is 2.25. The largest absolute Gasteiger partial charge is 1.00 e. The van der Waals surface area contributed by atoms with E-state index in [9.17, 15) is 10.1 Å². The molecule has 0 aliphatic carbocycles. The zero-order valence-electron chi connectivity index (χ0n) is 15.8. The maximum absolute atomic E-state index is 10.8. The SMILES string of the molecule is CC[n+]1c(/C=C/c2ccc(-c3ccc([N+](=O)[O-])cc3)o2)ccc2ccccc21.[I-]. The molecule has 0 aliphatic heterocycles. The molecule has 2 aromatic carbocycles. The minimum atomic E-state index is -0.410. The number of nitrogens with zero attached hydrogens (tertiary/aromatic N) is 2. The van der Waals surface area contributed by atoms with Gasteiger partial charge in [0.2, 0.25) is 11.2 Å². The van der Waals surface area contributed by atoms with Crippen molar-refractivity contribution in [3.8, 4) is 11.3 Å². The quantitative estimate of drug-likeness (QED) is 0.184. The molecule has 0 atom stereocenters. The van der Waals surface area contributed by atoms with E-state index in [4.69, 9.17) is 4.42 Å². The predicted molar refractivity (Wildman–Crippen MR) is 110 cm³/mol. The Morgan fingerprint density at radius 2 is 1.72 bits per heavy atom. The fourth-order valence-electron chi connectivity index (χ4n) is 3.29. The highest BCUT2D eigenvalue weighted by atomic mass is 127. The van der Waals surface area contributed by atoms with Gasteiger partial charge in [0, 0.05) is 41.3 Å². The fraction of sp³-hybridized carbons (Fsp3) is 0.0870. The minimum absolute atomic E-state index is 0. The van der Waals surface area contributed by atoms with E-state index in [2.05, 4.69) is 35.8 Å². The van der Waals surface area contributed by atoms with Gasteiger partial charge in [0.05, 0.1) is 4.92 Å². The lowest BCUT2D eigenvalue weighted by atomic mass is 10.1. The first-order valence-corrected chi connectivity index (χ1v) is 9.10. The Bertz CT molecular complexity index is 1180. The Morgan fingerprint density at radius 3 is 2.45 bits per heavy atom. The summed E-state index contributed by atoms with van der Waals surface area (Å²) in [5, 5.41) is 12.0. The van der Waals surface area contributed by atoms with E-state index in [0.717, 1.165) is 23.6 Å². The number of non-ortho nitro benzene ring substituents is 1. The van der Waals surface area contributed by atoms with Crippen LogP contribution in [0.5, 0.6) is 0 Å². The summed E-state index contributed by atoms with van der Waals surface area (Å²) in [5.74, 6) is 1.40. The van der Waals surface area contributed by atoms with Gasteiger partial charge in [0.15, 0.2) is 0 Å². The summed E-state index contributed by atoms with van der Waals surface area (Å²) in [6.07, 6.45) is 3.97. The van der Waals surface area contributed by atoms with Gasteiger partial charge in [-0.25, -0.2) is 0 Å². The predicted octanol–water partition coefficient (Wildman–Crippen LogP) is 2.49. The van der Waals surface area contributed by atoms with Crippen molar-refractivity contribution in [2.24, 2.45) is 0 Å². The summed E-state index contributed by atoms with van der Waals surface area (Å²) in [4.78, 5) is 10.4. The number of rotatable bonds is 5. The van der Waals surface area contributed by atoms with Crippen LogP contribution < -0.4 is 28.5 Å². The topological polar surface area (TPSA) is 60.2 Å². The first-order valence-electron chi connectivity index (χ1n) is 9.10. The number of aryl methyl sites for hydroxylation is 1. The average Bonchev–Trinajstić information content (AvgIpc) is 3.21. The summed E-state index contributed by atoms with van der Waals surface area (Å²) in [6.45, 7) is 3.00. The molecular formula is C23H19IN2O3. The summed E-state index contributed by atoms with van der Waals surface area (Å²) >= 11 is 0. The molecule has 2 heterocycles. The maximum Gasteiger partial charge on any atom is 0.269 e. The lowest BCUT2D eigenvalue weighted by Gasteiger charge is -2.02. The normalized spacial score (nSPS) is 10.9. The Balaban J connectivity index is 0.00000240. The highest BCUT2D eigenvalue weighted by molar-refractivity contribution is 5.77. The van der Waals surface area contributed by atoms with Crippen LogP contribution in [0.25, 0.3) is 34.4 Å². The number of nitro benzene ring substituents is 1. The summed E-state index contributed by atoms with van der Waals surface area (Å²) in [6, 6.07) is 22.6. The van der Waals surface area contributed by atoms with Crippen LogP contribution in [-0.4, -0.2) is 4.92 Å². The van der Waals surface area contributed by atoms with Gasteiger partial charge >= 0.3 is 0 Å². The van der Waals surface area contributed by atoms with Crippen LogP contribution in [0.4, 0.5) is 5.69 Å². The van der Waals surface area contributed by atoms with Gasteiger partial charge in [-0.05, 0) is 49.4 Å². The molecule has 146 valence electrons. The molecule has 0 spiro atoms. The van der Waals surface area contributed by atoms with Gasteiger partial charge in [-0.2, -0.15) is 4.57 Å². The Labute approximate surface area is 185 Å². The summed E-state index contributed by atoms with van der Waals surface area (Å²) in [7, 11) is 0. The molecule has 0 unspecified atom stereocenters. The first-order chi connectivity index (χ1) is 13.7. The maximum atomic E-state index is 10.8. The zero-order chi connectivity index (χ0) is 19.5. The van der Waals surface area contributed by atoms with Gasteiger partial charge < -0.3 is 28.4 Å². The Morgan fingerprint density at radius 1 is 0.966 bits per heavy atom. The number of benzene rings is 2. The van der Waals surface area contributed by atoms with E-state index < -0.39 is 4.92 Å². The van der Waals surface area contributed by atoms with Crippen LogP contribution in [0.2, 0.25) is 0 Å². The number of halogens is 1. The van der Waals surface area contributed by atoms with E-state index in [1.54, 1.807) is 12.1 Å².